The molecule has 2 N–H and O–H groups in total. The van der Waals surface area contributed by atoms with Gasteiger partial charge in [-0.1, -0.05) is 13.8 Å². The summed E-state index contributed by atoms with van der Waals surface area (Å²) < 4.78 is 5.40. The van der Waals surface area contributed by atoms with Crippen molar-refractivity contribution < 1.29 is 9.53 Å². The Morgan fingerprint density at radius 1 is 1.29 bits per heavy atom. The summed E-state index contributed by atoms with van der Waals surface area (Å²) in [5.41, 5.74) is 0. The molecular weight excluding hydrogens is 419 g/mol. The van der Waals surface area contributed by atoms with Gasteiger partial charge in [0.25, 0.3) is 0 Å². The summed E-state index contributed by atoms with van der Waals surface area (Å²) in [6.45, 7) is 9.27. The molecule has 0 radical (unpaired) electrons. The molecule has 2 atom stereocenters. The molecule has 2 unspecified atom stereocenters. The summed E-state index contributed by atoms with van der Waals surface area (Å²) >= 11 is 0. The van der Waals surface area contributed by atoms with E-state index in [0.29, 0.717) is 17.9 Å². The Morgan fingerprint density at radius 3 is 2.54 bits per heavy atom. The van der Waals surface area contributed by atoms with Crippen molar-refractivity contribution in [2.24, 2.45) is 16.8 Å². The fraction of sp³-hybridized carbons (Fsp3) is 0.882. The van der Waals surface area contributed by atoms with Gasteiger partial charge in [0.15, 0.2) is 5.96 Å². The lowest BCUT2D eigenvalue weighted by Gasteiger charge is -2.20. The number of nitrogens with zero attached hydrogens (tertiary/aromatic N) is 2. The Hall–Kier alpha value is -0.570. The lowest BCUT2D eigenvalue weighted by atomic mass is 10.0. The first-order valence-corrected chi connectivity index (χ1v) is 8.71. The first kappa shape index (κ1) is 23.4. The molecule has 0 aromatic heterocycles. The number of likely N-dealkylation sites (N-methyl/N-ethyl adjacent to an activating group) is 1. The van der Waals surface area contributed by atoms with Gasteiger partial charge in [-0.05, 0) is 32.1 Å². The minimum absolute atomic E-state index is 0. The molecule has 1 aliphatic heterocycles. The zero-order valence-electron chi connectivity index (χ0n) is 15.8. The van der Waals surface area contributed by atoms with E-state index < -0.39 is 0 Å². The average molecular weight is 454 g/mol. The average Bonchev–Trinajstić information content (AvgIpc) is 3.00. The molecule has 0 aliphatic carbocycles. The molecule has 6 nitrogen and oxygen atoms in total. The van der Waals surface area contributed by atoms with Crippen LogP contribution < -0.4 is 10.6 Å². The Balaban J connectivity index is 0.00000529. The molecule has 0 aromatic rings. The second-order valence-corrected chi connectivity index (χ2v) is 7.08. The molecule has 7 heteroatoms. The van der Waals surface area contributed by atoms with Crippen LogP contribution in [0.1, 0.15) is 40.0 Å². The maximum absolute atomic E-state index is 11.8. The van der Waals surface area contributed by atoms with E-state index in [1.165, 1.54) is 6.42 Å². The van der Waals surface area contributed by atoms with Crippen molar-refractivity contribution in [2.45, 2.75) is 46.1 Å². The number of guanidine groups is 1. The number of halogens is 1. The number of hydrogen-bond donors (Lipinski definition) is 2. The van der Waals surface area contributed by atoms with Gasteiger partial charge in [-0.25, -0.2) is 4.99 Å². The van der Waals surface area contributed by atoms with Crippen LogP contribution in [0.25, 0.3) is 0 Å². The van der Waals surface area contributed by atoms with E-state index in [1.807, 2.05) is 0 Å². The van der Waals surface area contributed by atoms with Crippen LogP contribution >= 0.6 is 24.0 Å². The molecule has 24 heavy (non-hydrogen) atoms. The quantitative estimate of drug-likeness (QED) is 0.335. The first-order chi connectivity index (χ1) is 10.9. The smallest absolute Gasteiger partial charge is 0.243 e. The van der Waals surface area contributed by atoms with Crippen LogP contribution in [0.2, 0.25) is 0 Å². The van der Waals surface area contributed by atoms with Crippen molar-refractivity contribution >= 4 is 35.8 Å². The van der Waals surface area contributed by atoms with Crippen LogP contribution in [0.4, 0.5) is 0 Å². The van der Waals surface area contributed by atoms with Crippen molar-refractivity contribution in [1.82, 2.24) is 15.5 Å². The third-order valence-corrected chi connectivity index (χ3v) is 4.01. The predicted molar refractivity (Wildman–Crippen MR) is 110 cm³/mol. The number of aliphatic imine (C=N–C) groups is 1. The zero-order valence-corrected chi connectivity index (χ0v) is 18.1. The van der Waals surface area contributed by atoms with E-state index in [1.54, 1.807) is 19.0 Å². The van der Waals surface area contributed by atoms with Crippen LogP contribution in [0.15, 0.2) is 4.99 Å². The van der Waals surface area contributed by atoms with Crippen LogP contribution in [0.5, 0.6) is 0 Å². The molecule has 1 heterocycles. The SMILES string of the molecule is CC(C)CCC(C)NC(=NCC(=O)N(C)C)NCC1CCOC1.I. The standard InChI is InChI=1S/C17H34N4O2.HI/c1-13(2)6-7-14(3)20-17(19-11-16(22)21(4)5)18-10-15-8-9-23-12-15;/h13-15H,6-12H2,1-5H3,(H2,18,19,20);1H. The Kier molecular flexibility index (Phi) is 12.4. The largest absolute Gasteiger partial charge is 0.381 e. The number of nitrogens with one attached hydrogen (secondary N) is 2. The molecule has 0 spiro atoms. The third kappa shape index (κ3) is 10.3. The number of amides is 1. The molecule has 1 amide bonds. The summed E-state index contributed by atoms with van der Waals surface area (Å²) in [4.78, 5) is 17.8. The van der Waals surface area contributed by atoms with Gasteiger partial charge in [-0.3, -0.25) is 4.79 Å². The highest BCUT2D eigenvalue weighted by molar-refractivity contribution is 14.0. The molecule has 0 bridgehead atoms. The second-order valence-electron chi connectivity index (χ2n) is 7.08. The highest BCUT2D eigenvalue weighted by atomic mass is 127. The lowest BCUT2D eigenvalue weighted by molar-refractivity contribution is -0.127. The van der Waals surface area contributed by atoms with E-state index in [9.17, 15) is 4.79 Å². The molecule has 0 saturated carbocycles. The number of ether oxygens (including phenoxy) is 1. The summed E-state index contributed by atoms with van der Waals surface area (Å²) in [5, 5.41) is 6.78. The second kappa shape index (κ2) is 12.7. The van der Waals surface area contributed by atoms with Gasteiger partial charge in [0.1, 0.15) is 6.54 Å². The monoisotopic (exact) mass is 454 g/mol. The van der Waals surface area contributed by atoms with Crippen molar-refractivity contribution in [3.63, 3.8) is 0 Å². The topological polar surface area (TPSA) is 66.0 Å². The Labute approximate surface area is 164 Å². The minimum Gasteiger partial charge on any atom is -0.381 e. The van der Waals surface area contributed by atoms with Gasteiger partial charge in [0, 0.05) is 39.2 Å². The van der Waals surface area contributed by atoms with E-state index >= 15 is 0 Å². The summed E-state index contributed by atoms with van der Waals surface area (Å²) in [6, 6.07) is 0.331. The van der Waals surface area contributed by atoms with E-state index in [0.717, 1.165) is 38.6 Å². The van der Waals surface area contributed by atoms with E-state index in [4.69, 9.17) is 4.74 Å². The molecule has 1 saturated heterocycles. The maximum Gasteiger partial charge on any atom is 0.243 e. The maximum atomic E-state index is 11.8. The van der Waals surface area contributed by atoms with Crippen molar-refractivity contribution in [1.29, 1.82) is 0 Å². The Bertz CT molecular complexity index is 383. The number of carbonyl (C=O) groups is 1. The number of hydrogen-bond acceptors (Lipinski definition) is 3. The van der Waals surface area contributed by atoms with Gasteiger partial charge in [-0.15, -0.1) is 24.0 Å². The lowest BCUT2D eigenvalue weighted by Crippen LogP contribution is -2.44. The van der Waals surface area contributed by atoms with Crippen LogP contribution in [-0.2, 0) is 9.53 Å². The summed E-state index contributed by atoms with van der Waals surface area (Å²) in [5.74, 6) is 1.95. The van der Waals surface area contributed by atoms with Crippen molar-refractivity contribution in [2.75, 3.05) is 40.4 Å². The first-order valence-electron chi connectivity index (χ1n) is 8.71. The van der Waals surface area contributed by atoms with Crippen molar-refractivity contribution in [3.05, 3.63) is 0 Å². The normalized spacial score (nSPS) is 18.9. The third-order valence-electron chi connectivity index (χ3n) is 4.01. The Morgan fingerprint density at radius 2 is 2.00 bits per heavy atom. The van der Waals surface area contributed by atoms with Crippen LogP contribution in [-0.4, -0.2) is 63.2 Å². The van der Waals surface area contributed by atoms with Gasteiger partial charge in [-0.2, -0.15) is 0 Å². The molecule has 1 aliphatic rings. The van der Waals surface area contributed by atoms with Gasteiger partial charge in [0.2, 0.25) is 5.91 Å². The fourth-order valence-electron chi connectivity index (χ4n) is 2.31. The van der Waals surface area contributed by atoms with Gasteiger partial charge in [0.05, 0.1) is 6.61 Å². The zero-order chi connectivity index (χ0) is 17.2. The molecule has 0 aromatic carbocycles. The summed E-state index contributed by atoms with van der Waals surface area (Å²) in [6.07, 6.45) is 3.35. The van der Waals surface area contributed by atoms with Gasteiger partial charge < -0.3 is 20.3 Å². The predicted octanol–water partition coefficient (Wildman–Crippen LogP) is 2.09. The number of carbonyl (C=O) groups excluding carboxylic acids is 1. The fourth-order valence-corrected chi connectivity index (χ4v) is 2.31. The van der Waals surface area contributed by atoms with Crippen molar-refractivity contribution in [3.8, 4) is 0 Å². The van der Waals surface area contributed by atoms with Crippen LogP contribution in [0, 0.1) is 11.8 Å². The van der Waals surface area contributed by atoms with E-state index in [2.05, 4.69) is 36.4 Å². The summed E-state index contributed by atoms with van der Waals surface area (Å²) in [7, 11) is 3.50. The molecule has 1 rings (SSSR count). The van der Waals surface area contributed by atoms with Gasteiger partial charge >= 0.3 is 0 Å². The molecular formula is C17H35IN4O2. The molecule has 1 fully saturated rings. The minimum atomic E-state index is 0. The highest BCUT2D eigenvalue weighted by Crippen LogP contribution is 2.10. The highest BCUT2D eigenvalue weighted by Gasteiger charge is 2.16. The van der Waals surface area contributed by atoms with E-state index in [-0.39, 0.29) is 36.4 Å². The van der Waals surface area contributed by atoms with Crippen LogP contribution in [0.3, 0.4) is 0 Å². The molecule has 142 valence electrons. The number of rotatable bonds is 8.